The van der Waals surface area contributed by atoms with Crippen LogP contribution in [0.5, 0.6) is 0 Å². The highest BCUT2D eigenvalue weighted by Gasteiger charge is 2.23. The number of carbonyl (C=O) groups excluding carboxylic acids is 1. The molecule has 0 saturated heterocycles. The van der Waals surface area contributed by atoms with Crippen molar-refractivity contribution in [3.8, 4) is 0 Å². The molecule has 2 heterocycles. The van der Waals surface area contributed by atoms with E-state index in [1.807, 2.05) is 49.0 Å². The van der Waals surface area contributed by atoms with Crippen LogP contribution in [0.2, 0.25) is 0 Å². The zero-order valence-electron chi connectivity index (χ0n) is 14.0. The molecule has 1 amide bonds. The Balaban J connectivity index is 2.17. The van der Waals surface area contributed by atoms with Crippen molar-refractivity contribution >= 4 is 5.91 Å². The minimum absolute atomic E-state index is 0.110. The molecule has 2 rings (SSSR count). The van der Waals surface area contributed by atoms with E-state index >= 15 is 0 Å². The first-order valence-corrected chi connectivity index (χ1v) is 7.64. The lowest BCUT2D eigenvalue weighted by atomic mass is 10.1. The highest BCUT2D eigenvalue weighted by molar-refractivity contribution is 5.80. The molecule has 22 heavy (non-hydrogen) atoms. The summed E-state index contributed by atoms with van der Waals surface area (Å²) in [6, 6.07) is -0.252. The summed E-state index contributed by atoms with van der Waals surface area (Å²) >= 11 is 0. The third-order valence-corrected chi connectivity index (χ3v) is 3.67. The van der Waals surface area contributed by atoms with Crippen molar-refractivity contribution in [2.75, 3.05) is 6.54 Å². The molecule has 0 aromatic carbocycles. The molecule has 0 bridgehead atoms. The maximum atomic E-state index is 12.9. The fourth-order valence-electron chi connectivity index (χ4n) is 2.63. The molecular formula is C16H25N5O. The van der Waals surface area contributed by atoms with Gasteiger partial charge in [0, 0.05) is 44.3 Å². The summed E-state index contributed by atoms with van der Waals surface area (Å²) in [6.07, 6.45) is 7.35. The molecule has 0 fully saturated rings. The van der Waals surface area contributed by atoms with E-state index in [0.29, 0.717) is 12.5 Å². The highest BCUT2D eigenvalue weighted by atomic mass is 16.2. The summed E-state index contributed by atoms with van der Waals surface area (Å²) in [5.41, 5.74) is 1.05. The van der Waals surface area contributed by atoms with Crippen LogP contribution in [-0.2, 0) is 18.4 Å². The van der Waals surface area contributed by atoms with Gasteiger partial charge in [-0.2, -0.15) is 5.10 Å². The summed E-state index contributed by atoms with van der Waals surface area (Å²) in [7, 11) is 1.88. The maximum absolute atomic E-state index is 12.9. The van der Waals surface area contributed by atoms with Gasteiger partial charge in [0.25, 0.3) is 0 Å². The Kier molecular flexibility index (Phi) is 5.00. The molecule has 0 N–H and O–H groups in total. The third kappa shape index (κ3) is 3.75. The van der Waals surface area contributed by atoms with E-state index < -0.39 is 0 Å². The van der Waals surface area contributed by atoms with Crippen molar-refractivity contribution in [1.82, 2.24) is 24.2 Å². The number of amides is 1. The average Bonchev–Trinajstić information content (AvgIpc) is 3.04. The molecule has 2 aromatic heterocycles. The lowest BCUT2D eigenvalue weighted by Gasteiger charge is -2.28. The van der Waals surface area contributed by atoms with Gasteiger partial charge >= 0.3 is 0 Å². The van der Waals surface area contributed by atoms with Crippen molar-refractivity contribution in [2.45, 2.75) is 40.3 Å². The van der Waals surface area contributed by atoms with E-state index in [4.69, 9.17) is 0 Å². The molecule has 120 valence electrons. The van der Waals surface area contributed by atoms with Crippen molar-refractivity contribution < 1.29 is 4.79 Å². The van der Waals surface area contributed by atoms with Crippen LogP contribution in [0.25, 0.3) is 0 Å². The molecular weight excluding hydrogens is 278 g/mol. The summed E-state index contributed by atoms with van der Waals surface area (Å²) in [5, 5.41) is 4.18. The number of carbonyl (C=O) groups is 1. The molecule has 2 aromatic rings. The zero-order chi connectivity index (χ0) is 16.3. The molecule has 0 aliphatic carbocycles. The second-order valence-electron chi connectivity index (χ2n) is 6.19. The normalized spacial score (nSPS) is 12.6. The van der Waals surface area contributed by atoms with Gasteiger partial charge in [-0.1, -0.05) is 13.8 Å². The van der Waals surface area contributed by atoms with Gasteiger partial charge in [-0.05, 0) is 19.8 Å². The third-order valence-electron chi connectivity index (χ3n) is 3.67. The van der Waals surface area contributed by atoms with Gasteiger partial charge in [-0.25, -0.2) is 4.98 Å². The van der Waals surface area contributed by atoms with Gasteiger partial charge in [0.15, 0.2) is 0 Å². The number of nitrogens with zero attached hydrogens (tertiary/aromatic N) is 5. The lowest BCUT2D eigenvalue weighted by molar-refractivity contribution is -0.135. The Morgan fingerprint density at radius 2 is 2.09 bits per heavy atom. The SMILES string of the molecule is Cc1nccn1C(C)C(=O)N(Cc1cnn(C)c1)CC(C)C. The van der Waals surface area contributed by atoms with Gasteiger partial charge in [-0.15, -0.1) is 0 Å². The number of imidazole rings is 1. The summed E-state index contributed by atoms with van der Waals surface area (Å²) in [5.74, 6) is 1.38. The Bertz CT molecular complexity index is 628. The Hall–Kier alpha value is -2.11. The van der Waals surface area contributed by atoms with E-state index in [0.717, 1.165) is 17.9 Å². The van der Waals surface area contributed by atoms with E-state index in [-0.39, 0.29) is 11.9 Å². The Morgan fingerprint density at radius 3 is 2.59 bits per heavy atom. The molecule has 1 atom stereocenters. The zero-order valence-corrected chi connectivity index (χ0v) is 14.0. The number of aromatic nitrogens is 4. The molecule has 6 heteroatoms. The number of hydrogen-bond acceptors (Lipinski definition) is 3. The first-order chi connectivity index (χ1) is 10.4. The van der Waals surface area contributed by atoms with E-state index in [2.05, 4.69) is 23.9 Å². The number of aryl methyl sites for hydroxylation is 2. The largest absolute Gasteiger partial charge is 0.336 e. The lowest BCUT2D eigenvalue weighted by Crippen LogP contribution is -2.38. The van der Waals surface area contributed by atoms with Crippen molar-refractivity contribution in [1.29, 1.82) is 0 Å². The highest BCUT2D eigenvalue weighted by Crippen LogP contribution is 2.16. The average molecular weight is 303 g/mol. The van der Waals surface area contributed by atoms with E-state index in [1.54, 1.807) is 10.9 Å². The predicted octanol–water partition coefficient (Wildman–Crippen LogP) is 2.17. The second-order valence-corrected chi connectivity index (χ2v) is 6.19. The van der Waals surface area contributed by atoms with Crippen LogP contribution in [-0.4, -0.2) is 36.7 Å². The minimum atomic E-state index is -0.252. The van der Waals surface area contributed by atoms with Crippen LogP contribution in [0.15, 0.2) is 24.8 Å². The topological polar surface area (TPSA) is 56.0 Å². The second kappa shape index (κ2) is 6.77. The van der Waals surface area contributed by atoms with Crippen molar-refractivity contribution in [3.05, 3.63) is 36.2 Å². The van der Waals surface area contributed by atoms with Crippen LogP contribution >= 0.6 is 0 Å². The fourth-order valence-corrected chi connectivity index (χ4v) is 2.63. The predicted molar refractivity (Wildman–Crippen MR) is 85.1 cm³/mol. The Morgan fingerprint density at radius 1 is 1.36 bits per heavy atom. The molecule has 0 aliphatic heterocycles. The first-order valence-electron chi connectivity index (χ1n) is 7.64. The van der Waals surface area contributed by atoms with Crippen LogP contribution < -0.4 is 0 Å². The van der Waals surface area contributed by atoms with E-state index in [1.165, 1.54) is 0 Å². The van der Waals surface area contributed by atoms with Crippen molar-refractivity contribution in [2.24, 2.45) is 13.0 Å². The molecule has 6 nitrogen and oxygen atoms in total. The van der Waals surface area contributed by atoms with Crippen LogP contribution in [0, 0.1) is 12.8 Å². The van der Waals surface area contributed by atoms with Crippen LogP contribution in [0.3, 0.4) is 0 Å². The fraction of sp³-hybridized carbons (Fsp3) is 0.562. The summed E-state index contributed by atoms with van der Waals surface area (Å²) in [4.78, 5) is 19.0. The van der Waals surface area contributed by atoms with Crippen molar-refractivity contribution in [3.63, 3.8) is 0 Å². The van der Waals surface area contributed by atoms with Gasteiger partial charge < -0.3 is 9.47 Å². The molecule has 0 saturated carbocycles. The summed E-state index contributed by atoms with van der Waals surface area (Å²) in [6.45, 7) is 9.40. The van der Waals surface area contributed by atoms with Gasteiger partial charge in [-0.3, -0.25) is 9.48 Å². The number of rotatable bonds is 6. The quantitative estimate of drug-likeness (QED) is 0.822. The first kappa shape index (κ1) is 16.3. The smallest absolute Gasteiger partial charge is 0.245 e. The molecule has 0 aliphatic rings. The molecule has 0 radical (unpaired) electrons. The Labute approximate surface area is 131 Å². The molecule has 0 spiro atoms. The minimum Gasteiger partial charge on any atom is -0.336 e. The van der Waals surface area contributed by atoms with Gasteiger partial charge in [0.2, 0.25) is 5.91 Å². The number of hydrogen-bond donors (Lipinski definition) is 0. The van der Waals surface area contributed by atoms with Gasteiger partial charge in [0.05, 0.1) is 6.20 Å². The summed E-state index contributed by atoms with van der Waals surface area (Å²) < 4.78 is 3.68. The standard InChI is InChI=1S/C16H25N5O/c1-12(2)9-20(11-15-8-18-19(5)10-15)16(22)13(3)21-7-6-17-14(21)4/h6-8,10,12-13H,9,11H2,1-5H3. The molecule has 1 unspecified atom stereocenters. The van der Waals surface area contributed by atoms with Gasteiger partial charge in [0.1, 0.15) is 11.9 Å². The van der Waals surface area contributed by atoms with E-state index in [9.17, 15) is 4.79 Å². The van der Waals surface area contributed by atoms with Crippen LogP contribution in [0.1, 0.15) is 38.2 Å². The maximum Gasteiger partial charge on any atom is 0.245 e. The monoisotopic (exact) mass is 303 g/mol. The van der Waals surface area contributed by atoms with Crippen LogP contribution in [0.4, 0.5) is 0 Å².